The van der Waals surface area contributed by atoms with Crippen LogP contribution in [0.15, 0.2) is 80.3 Å². The number of benzene rings is 3. The summed E-state index contributed by atoms with van der Waals surface area (Å²) in [7, 11) is 0. The molecule has 3 heterocycles. The molecule has 4 amide bonds. The number of ether oxygens (including phenoxy) is 4. The van der Waals surface area contributed by atoms with Crippen LogP contribution in [0.2, 0.25) is 0 Å². The van der Waals surface area contributed by atoms with E-state index in [0.29, 0.717) is 78.4 Å². The highest BCUT2D eigenvalue weighted by Gasteiger charge is 2.41. The number of thioether (sulfide) groups is 2. The van der Waals surface area contributed by atoms with Crippen molar-refractivity contribution >= 4 is 58.8 Å². The van der Waals surface area contributed by atoms with E-state index in [1.165, 1.54) is 0 Å². The average molecular weight is 770 g/mol. The second-order valence-electron chi connectivity index (χ2n) is 11.7. The van der Waals surface area contributed by atoms with Gasteiger partial charge in [-0.25, -0.2) is 18.5 Å². The smallest absolute Gasteiger partial charge is 0.329 e. The van der Waals surface area contributed by atoms with Gasteiger partial charge in [-0.1, -0.05) is 23.5 Å². The second-order valence-corrected chi connectivity index (χ2v) is 13.9. The third-order valence-corrected chi connectivity index (χ3v) is 10.5. The number of carboxylic acids is 1. The maximum Gasteiger partial charge on any atom is 0.329 e. The maximum atomic E-state index is 15.2. The fraction of sp³-hybridized carbons (Fsp3) is 0.306. The molecule has 3 aliphatic heterocycles. The number of imide groups is 1. The zero-order valence-electron chi connectivity index (χ0n) is 28.1. The molecule has 53 heavy (non-hydrogen) atoms. The summed E-state index contributed by atoms with van der Waals surface area (Å²) in [5.74, 6) is -6.40. The van der Waals surface area contributed by atoms with E-state index in [1.54, 1.807) is 58.3 Å². The van der Waals surface area contributed by atoms with Gasteiger partial charge in [0.05, 0.1) is 48.5 Å². The van der Waals surface area contributed by atoms with Gasteiger partial charge in [0.2, 0.25) is 0 Å². The van der Waals surface area contributed by atoms with Crippen molar-refractivity contribution in [2.75, 3.05) is 77.3 Å². The highest BCUT2D eigenvalue weighted by Crippen LogP contribution is 2.44. The van der Waals surface area contributed by atoms with E-state index in [-0.39, 0.29) is 40.5 Å². The number of nitrogens with zero attached hydrogens (tertiary/aromatic N) is 3. The van der Waals surface area contributed by atoms with Crippen LogP contribution in [-0.4, -0.2) is 117 Å². The number of hydrogen-bond acceptors (Lipinski definition) is 11. The minimum Gasteiger partial charge on any atom is -0.485 e. The van der Waals surface area contributed by atoms with Crippen LogP contribution in [0.4, 0.5) is 14.5 Å². The summed E-state index contributed by atoms with van der Waals surface area (Å²) in [5, 5.41) is 8.66. The number of halogens is 2. The first-order valence-electron chi connectivity index (χ1n) is 16.4. The molecule has 13 nitrogen and oxygen atoms in total. The predicted molar refractivity (Wildman–Crippen MR) is 188 cm³/mol. The van der Waals surface area contributed by atoms with Gasteiger partial charge in [0.25, 0.3) is 23.6 Å². The summed E-state index contributed by atoms with van der Waals surface area (Å²) >= 11 is 1.92. The Morgan fingerprint density at radius 2 is 1.13 bits per heavy atom. The molecule has 0 spiro atoms. The van der Waals surface area contributed by atoms with Gasteiger partial charge < -0.3 is 33.9 Å². The highest BCUT2D eigenvalue weighted by atomic mass is 32.2. The standard InChI is InChI=1S/C36H33F2N3O10S2/c37-27-19-24(20-28(38)30(27)51-18-17-50-21-29(42)43)41-35(46)31(52-25-5-1-22(2-6-25)33(44)39-9-13-48-14-10-39)32(36(41)47)53-26-7-3-23(4-8-26)34(45)40-11-15-49-16-12-40/h1-8,19-20H,9-18,21H2,(H,42,43). The molecule has 2 fully saturated rings. The Morgan fingerprint density at radius 1 is 0.698 bits per heavy atom. The third kappa shape index (κ3) is 9.05. The molecule has 3 aromatic rings. The largest absolute Gasteiger partial charge is 0.485 e. The minimum atomic E-state index is -1.22. The van der Waals surface area contributed by atoms with Crippen LogP contribution in [-0.2, 0) is 28.6 Å². The monoisotopic (exact) mass is 769 g/mol. The molecule has 0 aromatic heterocycles. The molecule has 6 rings (SSSR count). The number of hydrogen-bond donors (Lipinski definition) is 1. The van der Waals surface area contributed by atoms with Gasteiger partial charge >= 0.3 is 5.97 Å². The lowest BCUT2D eigenvalue weighted by atomic mass is 10.2. The molecule has 3 aromatic carbocycles. The quantitative estimate of drug-likeness (QED) is 0.197. The molecule has 1 N–H and O–H groups in total. The Labute approximate surface area is 310 Å². The van der Waals surface area contributed by atoms with Crippen molar-refractivity contribution in [3.8, 4) is 5.75 Å². The first kappa shape index (κ1) is 37.9. The van der Waals surface area contributed by atoms with Gasteiger partial charge in [-0.3, -0.25) is 19.2 Å². The molecule has 0 bridgehead atoms. The van der Waals surface area contributed by atoms with E-state index in [0.717, 1.165) is 35.7 Å². The van der Waals surface area contributed by atoms with Gasteiger partial charge in [-0.2, -0.15) is 0 Å². The van der Waals surface area contributed by atoms with Crippen LogP contribution in [0, 0.1) is 11.6 Å². The van der Waals surface area contributed by atoms with Crippen molar-refractivity contribution in [3.63, 3.8) is 0 Å². The van der Waals surface area contributed by atoms with Crippen LogP contribution in [0.25, 0.3) is 0 Å². The fourth-order valence-electron chi connectivity index (χ4n) is 5.54. The molecule has 17 heteroatoms. The fourth-order valence-corrected chi connectivity index (χ4v) is 7.53. The molecule has 278 valence electrons. The summed E-state index contributed by atoms with van der Waals surface area (Å²) in [6.07, 6.45) is 0. The van der Waals surface area contributed by atoms with Gasteiger partial charge in [-0.05, 0) is 48.5 Å². The Hall–Kier alpha value is -4.81. The third-order valence-electron chi connectivity index (χ3n) is 8.18. The number of carbonyl (C=O) groups excluding carboxylic acids is 4. The minimum absolute atomic E-state index is 0.0163. The zero-order valence-corrected chi connectivity index (χ0v) is 29.7. The number of carbonyl (C=O) groups is 5. The first-order valence-corrected chi connectivity index (χ1v) is 18.1. The highest BCUT2D eigenvalue weighted by molar-refractivity contribution is 8.08. The van der Waals surface area contributed by atoms with E-state index in [1.807, 2.05) is 0 Å². The van der Waals surface area contributed by atoms with Crippen molar-refractivity contribution in [1.82, 2.24) is 9.80 Å². The van der Waals surface area contributed by atoms with Crippen LogP contribution < -0.4 is 9.64 Å². The predicted octanol–water partition coefficient (Wildman–Crippen LogP) is 4.06. The Morgan fingerprint density at radius 3 is 1.55 bits per heavy atom. The molecule has 0 saturated carbocycles. The molecular weight excluding hydrogens is 737 g/mol. The lowest BCUT2D eigenvalue weighted by Crippen LogP contribution is -2.40. The van der Waals surface area contributed by atoms with E-state index in [9.17, 15) is 24.0 Å². The Kier molecular flexibility index (Phi) is 12.4. The maximum absolute atomic E-state index is 15.2. The Balaban J connectivity index is 1.24. The van der Waals surface area contributed by atoms with Crippen LogP contribution >= 0.6 is 23.5 Å². The molecule has 2 saturated heterocycles. The van der Waals surface area contributed by atoms with Crippen LogP contribution in [0.3, 0.4) is 0 Å². The van der Waals surface area contributed by atoms with E-state index < -0.39 is 41.8 Å². The van der Waals surface area contributed by atoms with Crippen molar-refractivity contribution in [1.29, 1.82) is 0 Å². The molecule has 0 unspecified atom stereocenters. The van der Waals surface area contributed by atoms with E-state index in [2.05, 4.69) is 0 Å². The van der Waals surface area contributed by atoms with Crippen molar-refractivity contribution < 1.29 is 56.8 Å². The SMILES string of the molecule is O=C(O)COCCOc1c(F)cc(N2C(=O)C(Sc3ccc(C(=O)N4CCOCC4)cc3)=C(Sc3ccc(C(=O)N4CCOCC4)cc3)C2=O)cc1F. The average Bonchev–Trinajstić information content (AvgIpc) is 3.39. The molecule has 0 radical (unpaired) electrons. The lowest BCUT2D eigenvalue weighted by molar-refractivity contribution is -0.142. The molecular formula is C36H33F2N3O10S2. The number of aliphatic carboxylic acids is 1. The summed E-state index contributed by atoms with van der Waals surface area (Å²) in [5.41, 5.74) is 0.489. The van der Waals surface area contributed by atoms with Crippen molar-refractivity contribution in [2.45, 2.75) is 9.79 Å². The summed E-state index contributed by atoms with van der Waals surface area (Å²) in [4.78, 5) is 69.5. The van der Waals surface area contributed by atoms with Gasteiger partial charge in [0, 0.05) is 59.2 Å². The van der Waals surface area contributed by atoms with Crippen molar-refractivity contribution in [3.05, 3.63) is 93.2 Å². The molecule has 3 aliphatic rings. The molecule has 0 aliphatic carbocycles. The Bertz CT molecular complexity index is 1790. The number of amides is 4. The zero-order chi connectivity index (χ0) is 37.5. The van der Waals surface area contributed by atoms with Gasteiger partial charge in [0.15, 0.2) is 17.4 Å². The number of morpholine rings is 2. The van der Waals surface area contributed by atoms with E-state index >= 15 is 8.78 Å². The van der Waals surface area contributed by atoms with Crippen LogP contribution in [0.1, 0.15) is 20.7 Å². The number of rotatable bonds is 13. The molecule has 0 atom stereocenters. The topological polar surface area (TPSA) is 152 Å². The second kappa shape index (κ2) is 17.3. The van der Waals surface area contributed by atoms with Crippen LogP contribution in [0.5, 0.6) is 5.75 Å². The summed E-state index contributed by atoms with van der Waals surface area (Å²) in [6, 6.07) is 14.6. The van der Waals surface area contributed by atoms with E-state index in [4.69, 9.17) is 24.1 Å². The number of carboxylic acid groups (broad SMARTS) is 1. The number of anilines is 1. The summed E-state index contributed by atoms with van der Waals surface area (Å²) in [6.45, 7) is 2.41. The summed E-state index contributed by atoms with van der Waals surface area (Å²) < 4.78 is 50.9. The first-order chi connectivity index (χ1) is 25.6. The lowest BCUT2D eigenvalue weighted by Gasteiger charge is -2.26. The van der Waals surface area contributed by atoms with Gasteiger partial charge in [-0.15, -0.1) is 0 Å². The van der Waals surface area contributed by atoms with Crippen molar-refractivity contribution in [2.24, 2.45) is 0 Å². The normalized spacial score (nSPS) is 16.4. The van der Waals surface area contributed by atoms with Gasteiger partial charge in [0.1, 0.15) is 13.2 Å².